The van der Waals surface area contributed by atoms with Crippen LogP contribution in [0.2, 0.25) is 0 Å². The first-order valence-corrected chi connectivity index (χ1v) is 8.29. The van der Waals surface area contributed by atoms with Gasteiger partial charge in [-0.2, -0.15) is 0 Å². The Hall–Kier alpha value is -1.41. The predicted molar refractivity (Wildman–Crippen MR) is 91.3 cm³/mol. The molecule has 0 saturated carbocycles. The number of fused-ring (bicyclic) bond motifs is 4. The summed E-state index contributed by atoms with van der Waals surface area (Å²) in [6.07, 6.45) is 10.6. The van der Waals surface area contributed by atoms with E-state index in [2.05, 4.69) is 45.1 Å². The number of rotatable bonds is 0. The van der Waals surface area contributed by atoms with Crippen LogP contribution in [0.3, 0.4) is 0 Å². The van der Waals surface area contributed by atoms with Crippen molar-refractivity contribution in [2.45, 2.75) is 53.0 Å². The summed E-state index contributed by atoms with van der Waals surface area (Å²) in [5.41, 5.74) is 10.6. The molecule has 0 aromatic carbocycles. The highest BCUT2D eigenvalue weighted by Gasteiger charge is 2.45. The number of hydrogen-bond donors (Lipinski definition) is 1. The van der Waals surface area contributed by atoms with E-state index in [-0.39, 0.29) is 11.3 Å². The largest absolute Gasteiger partial charge is 0.319 e. The van der Waals surface area contributed by atoms with Crippen LogP contribution in [0, 0.1) is 17.3 Å². The predicted octanol–water partition coefficient (Wildman–Crippen LogP) is 4.10. The molecule has 0 amide bonds. The molecule has 118 valence electrons. The fraction of sp³-hybridized carbons (Fsp3) is 0.550. The van der Waals surface area contributed by atoms with E-state index in [0.29, 0.717) is 11.7 Å². The molecule has 3 aliphatic carbocycles. The van der Waals surface area contributed by atoms with E-state index in [0.717, 1.165) is 18.4 Å². The van der Waals surface area contributed by atoms with Crippen molar-refractivity contribution in [3.8, 4) is 0 Å². The van der Waals surface area contributed by atoms with Gasteiger partial charge in [-0.15, -0.1) is 0 Å². The highest BCUT2D eigenvalue weighted by atomic mass is 16.1. The molecule has 0 radical (unpaired) electrons. The molecule has 0 aromatic rings. The molecular formula is C20H27NO. The lowest BCUT2D eigenvalue weighted by molar-refractivity contribution is -0.121. The number of ketones is 1. The first-order chi connectivity index (χ1) is 10.1. The molecule has 3 aliphatic rings. The van der Waals surface area contributed by atoms with Crippen molar-refractivity contribution < 1.29 is 4.79 Å². The number of nitrogens with two attached hydrogens (primary N) is 1. The third kappa shape index (κ3) is 2.16. The molecular weight excluding hydrogens is 270 g/mol. The molecule has 22 heavy (non-hydrogen) atoms. The summed E-state index contributed by atoms with van der Waals surface area (Å²) in [7, 11) is 0. The van der Waals surface area contributed by atoms with Crippen molar-refractivity contribution in [3.05, 3.63) is 46.6 Å². The van der Waals surface area contributed by atoms with Gasteiger partial charge >= 0.3 is 0 Å². The molecule has 3 unspecified atom stereocenters. The Morgan fingerprint density at radius 1 is 1.09 bits per heavy atom. The Morgan fingerprint density at radius 3 is 2.41 bits per heavy atom. The fourth-order valence-corrected chi connectivity index (χ4v) is 4.33. The molecule has 3 rings (SSSR count). The van der Waals surface area contributed by atoms with Gasteiger partial charge in [-0.05, 0) is 50.3 Å². The smallest absolute Gasteiger partial charge is 0.162 e. The summed E-state index contributed by atoms with van der Waals surface area (Å²) in [4.78, 5) is 12.9. The van der Waals surface area contributed by atoms with Crippen molar-refractivity contribution in [3.63, 3.8) is 0 Å². The average Bonchev–Trinajstić information content (AvgIpc) is 2.70. The summed E-state index contributed by atoms with van der Waals surface area (Å²) < 4.78 is 0. The van der Waals surface area contributed by atoms with Crippen LogP contribution in [0.4, 0.5) is 0 Å². The zero-order chi connectivity index (χ0) is 16.3. The zero-order valence-corrected chi connectivity index (χ0v) is 14.4. The van der Waals surface area contributed by atoms with Gasteiger partial charge in [0.1, 0.15) is 0 Å². The standard InChI is InChI=1S/C20H27NO/c1-12-13(2)18(22)17-7-6-14(12)15-8-10-20(5,21)11-9-16(15)19(17,3)4/h8-11,14,17H,6-7,21H2,1-5H3. The summed E-state index contributed by atoms with van der Waals surface area (Å²) in [5.74, 6) is 0.759. The Labute approximate surface area is 133 Å². The normalized spacial score (nSPS) is 37.1. The van der Waals surface area contributed by atoms with Crippen molar-refractivity contribution in [1.29, 1.82) is 0 Å². The maximum absolute atomic E-state index is 12.9. The molecule has 0 aromatic heterocycles. The third-order valence-corrected chi connectivity index (χ3v) is 6.03. The Balaban J connectivity index is 2.28. The van der Waals surface area contributed by atoms with Crippen molar-refractivity contribution in [1.82, 2.24) is 0 Å². The highest BCUT2D eigenvalue weighted by Crippen LogP contribution is 2.51. The second-order valence-corrected chi connectivity index (χ2v) is 7.98. The van der Waals surface area contributed by atoms with Gasteiger partial charge in [-0.3, -0.25) is 4.79 Å². The van der Waals surface area contributed by atoms with Crippen LogP contribution in [-0.4, -0.2) is 11.3 Å². The van der Waals surface area contributed by atoms with Crippen LogP contribution in [-0.2, 0) is 4.79 Å². The van der Waals surface area contributed by atoms with Gasteiger partial charge in [0, 0.05) is 17.3 Å². The third-order valence-electron chi connectivity index (χ3n) is 6.03. The Morgan fingerprint density at radius 2 is 1.73 bits per heavy atom. The highest BCUT2D eigenvalue weighted by molar-refractivity contribution is 5.99. The maximum Gasteiger partial charge on any atom is 0.162 e. The molecule has 2 bridgehead atoms. The minimum Gasteiger partial charge on any atom is -0.319 e. The summed E-state index contributed by atoms with van der Waals surface area (Å²) in [5, 5.41) is 0. The van der Waals surface area contributed by atoms with Gasteiger partial charge in [0.2, 0.25) is 0 Å². The number of Topliss-reactive ketones (excluding diaryl/α,β-unsaturated/α-hetero) is 1. The minimum atomic E-state index is -0.424. The number of hydrogen-bond acceptors (Lipinski definition) is 2. The summed E-state index contributed by atoms with van der Waals surface area (Å²) in [6.45, 7) is 10.6. The zero-order valence-electron chi connectivity index (χ0n) is 14.4. The molecule has 0 fully saturated rings. The summed E-state index contributed by atoms with van der Waals surface area (Å²) in [6, 6.07) is 0. The van der Waals surface area contributed by atoms with Gasteiger partial charge < -0.3 is 5.73 Å². The van der Waals surface area contributed by atoms with E-state index >= 15 is 0 Å². The van der Waals surface area contributed by atoms with Crippen LogP contribution in [0.15, 0.2) is 46.6 Å². The first kappa shape index (κ1) is 15.5. The Kier molecular flexibility index (Phi) is 3.37. The Bertz CT molecular complexity index is 655. The SMILES string of the molecule is CC1=C(C)C2CCC(C1=O)C(C)(C)C1=C2C=CC(C)(N)C=C1. The average molecular weight is 297 g/mol. The topological polar surface area (TPSA) is 43.1 Å². The molecule has 0 spiro atoms. The van der Waals surface area contributed by atoms with E-state index < -0.39 is 5.54 Å². The molecule has 0 aliphatic heterocycles. The molecule has 0 saturated heterocycles. The minimum absolute atomic E-state index is 0.0696. The number of carbonyl (C=O) groups excluding carboxylic acids is 1. The second-order valence-electron chi connectivity index (χ2n) is 7.98. The van der Waals surface area contributed by atoms with E-state index in [1.165, 1.54) is 16.7 Å². The van der Waals surface area contributed by atoms with E-state index in [4.69, 9.17) is 5.73 Å². The van der Waals surface area contributed by atoms with Gasteiger partial charge in [0.25, 0.3) is 0 Å². The van der Waals surface area contributed by atoms with Crippen LogP contribution in [0.25, 0.3) is 0 Å². The lowest BCUT2D eigenvalue weighted by Gasteiger charge is -2.36. The van der Waals surface area contributed by atoms with Gasteiger partial charge in [-0.25, -0.2) is 0 Å². The lowest BCUT2D eigenvalue weighted by atomic mass is 9.67. The maximum atomic E-state index is 12.9. The van der Waals surface area contributed by atoms with Crippen molar-refractivity contribution in [2.75, 3.05) is 0 Å². The van der Waals surface area contributed by atoms with Crippen LogP contribution in [0.5, 0.6) is 0 Å². The molecule has 2 heteroatoms. The monoisotopic (exact) mass is 297 g/mol. The van der Waals surface area contributed by atoms with Crippen molar-refractivity contribution in [2.24, 2.45) is 23.0 Å². The molecule has 0 heterocycles. The van der Waals surface area contributed by atoms with Crippen LogP contribution < -0.4 is 5.73 Å². The van der Waals surface area contributed by atoms with Gasteiger partial charge in [0.15, 0.2) is 5.78 Å². The van der Waals surface area contributed by atoms with E-state index in [9.17, 15) is 4.79 Å². The quantitative estimate of drug-likeness (QED) is 0.731. The molecule has 3 atom stereocenters. The van der Waals surface area contributed by atoms with Gasteiger partial charge in [-0.1, -0.05) is 43.7 Å². The number of allylic oxidation sites excluding steroid dienone is 6. The first-order valence-electron chi connectivity index (χ1n) is 8.29. The van der Waals surface area contributed by atoms with Gasteiger partial charge in [0.05, 0.1) is 5.54 Å². The fourth-order valence-electron chi connectivity index (χ4n) is 4.33. The second kappa shape index (κ2) is 4.79. The van der Waals surface area contributed by atoms with Crippen LogP contribution >= 0.6 is 0 Å². The van der Waals surface area contributed by atoms with Crippen LogP contribution in [0.1, 0.15) is 47.5 Å². The summed E-state index contributed by atoms with van der Waals surface area (Å²) >= 11 is 0. The molecule has 2 nitrogen and oxygen atoms in total. The lowest BCUT2D eigenvalue weighted by Crippen LogP contribution is -2.33. The number of carbonyl (C=O) groups is 1. The van der Waals surface area contributed by atoms with E-state index in [1.54, 1.807) is 0 Å². The van der Waals surface area contributed by atoms with E-state index in [1.807, 2.05) is 13.8 Å². The molecule has 2 N–H and O–H groups in total. The van der Waals surface area contributed by atoms with Crippen molar-refractivity contribution >= 4 is 5.78 Å².